The van der Waals surface area contributed by atoms with Crippen LogP contribution in [0, 0.1) is 0 Å². The second-order valence-electron chi connectivity index (χ2n) is 6.41. The number of piperazine rings is 1. The molecule has 4 nitrogen and oxygen atoms in total. The van der Waals surface area contributed by atoms with E-state index in [0.29, 0.717) is 36.3 Å². The highest BCUT2D eigenvalue weighted by Gasteiger charge is 2.38. The van der Waals surface area contributed by atoms with E-state index in [1.165, 1.54) is 4.31 Å². The van der Waals surface area contributed by atoms with Crippen LogP contribution in [-0.2, 0) is 16.6 Å². The Balaban J connectivity index is 1.84. The van der Waals surface area contributed by atoms with Gasteiger partial charge in [0.2, 0.25) is 10.0 Å². The molecular formula is C19H22Cl2N2O2S. The fourth-order valence-corrected chi connectivity index (χ4v) is 5.40. The lowest BCUT2D eigenvalue weighted by atomic mass is 10.1. The van der Waals surface area contributed by atoms with Crippen LogP contribution in [0.2, 0.25) is 0 Å². The maximum absolute atomic E-state index is 13.0. The van der Waals surface area contributed by atoms with Gasteiger partial charge in [0.1, 0.15) is 0 Å². The van der Waals surface area contributed by atoms with E-state index in [0.717, 1.165) is 5.56 Å². The summed E-state index contributed by atoms with van der Waals surface area (Å²) in [5.74, 6) is 0.696. The average molecular weight is 413 g/mol. The zero-order valence-corrected chi connectivity index (χ0v) is 16.7. The molecule has 140 valence electrons. The molecule has 0 amide bonds. The van der Waals surface area contributed by atoms with Crippen LogP contribution in [0.3, 0.4) is 0 Å². The van der Waals surface area contributed by atoms with Gasteiger partial charge in [-0.3, -0.25) is 4.90 Å². The summed E-state index contributed by atoms with van der Waals surface area (Å²) in [5, 5.41) is 0. The molecule has 2 aromatic carbocycles. The monoisotopic (exact) mass is 412 g/mol. The van der Waals surface area contributed by atoms with Gasteiger partial charge in [-0.2, -0.15) is 4.31 Å². The van der Waals surface area contributed by atoms with Gasteiger partial charge in [-0.25, -0.2) is 8.42 Å². The van der Waals surface area contributed by atoms with Crippen molar-refractivity contribution in [2.45, 2.75) is 23.5 Å². The van der Waals surface area contributed by atoms with Crippen molar-refractivity contribution in [2.75, 3.05) is 24.8 Å². The smallest absolute Gasteiger partial charge is 0.243 e. The van der Waals surface area contributed by atoms with E-state index in [1.54, 1.807) is 30.3 Å². The molecule has 2 atom stereocenters. The highest BCUT2D eigenvalue weighted by atomic mass is 35.5. The molecular weight excluding hydrogens is 391 g/mol. The topological polar surface area (TPSA) is 40.6 Å². The number of sulfonamides is 1. The van der Waals surface area contributed by atoms with Crippen molar-refractivity contribution in [3.63, 3.8) is 0 Å². The van der Waals surface area contributed by atoms with Gasteiger partial charge in [-0.15, -0.1) is 23.2 Å². The number of nitrogens with zero attached hydrogens (tertiary/aromatic N) is 2. The number of hydrogen-bond acceptors (Lipinski definition) is 3. The van der Waals surface area contributed by atoms with E-state index in [2.05, 4.69) is 17.0 Å². The molecule has 1 fully saturated rings. The lowest BCUT2D eigenvalue weighted by Gasteiger charge is -2.45. The third-order valence-corrected chi connectivity index (χ3v) is 7.27. The predicted octanol–water partition coefficient (Wildman–Crippen LogP) is 3.41. The van der Waals surface area contributed by atoms with E-state index in [9.17, 15) is 8.42 Å². The first-order valence-electron chi connectivity index (χ1n) is 8.53. The molecule has 0 bridgehead atoms. The number of rotatable bonds is 6. The minimum atomic E-state index is -3.55. The minimum Gasteiger partial charge on any atom is -0.288 e. The van der Waals surface area contributed by atoms with Gasteiger partial charge in [-0.1, -0.05) is 48.5 Å². The summed E-state index contributed by atoms with van der Waals surface area (Å²) >= 11 is 12.4. The van der Waals surface area contributed by atoms with Gasteiger partial charge in [0.05, 0.1) is 4.90 Å². The normalized spacial score (nSPS) is 22.4. The predicted molar refractivity (Wildman–Crippen MR) is 106 cm³/mol. The fraction of sp³-hybridized carbons (Fsp3) is 0.368. The molecule has 0 aliphatic carbocycles. The molecule has 1 heterocycles. The molecule has 1 aliphatic heterocycles. The van der Waals surface area contributed by atoms with Crippen LogP contribution >= 0.6 is 23.2 Å². The Bertz CT molecular complexity index is 789. The van der Waals surface area contributed by atoms with Crippen LogP contribution in [0.4, 0.5) is 0 Å². The molecule has 1 saturated heterocycles. The summed E-state index contributed by atoms with van der Waals surface area (Å²) in [7, 11) is -3.55. The summed E-state index contributed by atoms with van der Waals surface area (Å²) in [6.07, 6.45) is 0. The summed E-state index contributed by atoms with van der Waals surface area (Å²) in [5.41, 5.74) is 1.16. The van der Waals surface area contributed by atoms with Crippen molar-refractivity contribution in [3.05, 3.63) is 66.2 Å². The molecule has 1 aliphatic rings. The maximum atomic E-state index is 13.0. The van der Waals surface area contributed by atoms with Gasteiger partial charge in [-0.05, 0) is 17.7 Å². The Kier molecular flexibility index (Phi) is 6.59. The van der Waals surface area contributed by atoms with Crippen molar-refractivity contribution >= 4 is 33.2 Å². The lowest BCUT2D eigenvalue weighted by molar-refractivity contribution is 0.0734. The molecule has 3 rings (SSSR count). The highest BCUT2D eigenvalue weighted by molar-refractivity contribution is 7.89. The first-order valence-corrected chi connectivity index (χ1v) is 11.0. The standard InChI is InChI=1S/C19H22Cl2N2O2S/c20-11-17-14-22(26(24,25)19-9-5-2-6-10-19)15-18(12-21)23(17)13-16-7-3-1-4-8-16/h1-10,17-18H,11-15H2. The van der Waals surface area contributed by atoms with Gasteiger partial charge < -0.3 is 0 Å². The molecule has 0 saturated carbocycles. The Morgan fingerprint density at radius 3 is 1.85 bits per heavy atom. The Hall–Kier alpha value is -1.11. The van der Waals surface area contributed by atoms with E-state index in [-0.39, 0.29) is 12.1 Å². The Labute approximate surface area is 165 Å². The van der Waals surface area contributed by atoms with Crippen molar-refractivity contribution in [2.24, 2.45) is 0 Å². The van der Waals surface area contributed by atoms with Gasteiger partial charge >= 0.3 is 0 Å². The zero-order valence-electron chi connectivity index (χ0n) is 14.3. The second-order valence-corrected chi connectivity index (χ2v) is 8.96. The lowest BCUT2D eigenvalue weighted by Crippen LogP contribution is -2.60. The SMILES string of the molecule is O=S(=O)(c1ccccc1)N1CC(CCl)N(Cc2ccccc2)C(CCl)C1. The van der Waals surface area contributed by atoms with Crippen LogP contribution in [0.5, 0.6) is 0 Å². The summed E-state index contributed by atoms with van der Waals surface area (Å²) in [6.45, 7) is 1.43. The number of alkyl halides is 2. The number of benzene rings is 2. The summed E-state index contributed by atoms with van der Waals surface area (Å²) in [4.78, 5) is 2.53. The van der Waals surface area contributed by atoms with Crippen molar-refractivity contribution in [3.8, 4) is 0 Å². The van der Waals surface area contributed by atoms with E-state index < -0.39 is 10.0 Å². The first kappa shape index (κ1) is 19.6. The summed E-state index contributed by atoms with van der Waals surface area (Å²) < 4.78 is 27.5. The van der Waals surface area contributed by atoms with E-state index >= 15 is 0 Å². The zero-order chi connectivity index (χ0) is 18.6. The van der Waals surface area contributed by atoms with Crippen LogP contribution in [0.1, 0.15) is 5.56 Å². The molecule has 0 radical (unpaired) electrons. The van der Waals surface area contributed by atoms with Gasteiger partial charge in [0.15, 0.2) is 0 Å². The average Bonchev–Trinajstić information content (AvgIpc) is 2.69. The quantitative estimate of drug-likeness (QED) is 0.682. The van der Waals surface area contributed by atoms with Gasteiger partial charge in [0.25, 0.3) is 0 Å². The molecule has 0 spiro atoms. The van der Waals surface area contributed by atoms with Crippen molar-refractivity contribution in [1.82, 2.24) is 9.21 Å². The Morgan fingerprint density at radius 2 is 1.35 bits per heavy atom. The maximum Gasteiger partial charge on any atom is 0.243 e. The number of hydrogen-bond donors (Lipinski definition) is 0. The van der Waals surface area contributed by atoms with Crippen LogP contribution < -0.4 is 0 Å². The molecule has 7 heteroatoms. The minimum absolute atomic E-state index is 0.0899. The third kappa shape index (κ3) is 4.24. The summed E-state index contributed by atoms with van der Waals surface area (Å²) in [6, 6.07) is 18.4. The molecule has 0 N–H and O–H groups in total. The van der Waals surface area contributed by atoms with Crippen molar-refractivity contribution < 1.29 is 8.42 Å². The first-order chi connectivity index (χ1) is 12.6. The molecule has 2 aromatic rings. The van der Waals surface area contributed by atoms with E-state index in [4.69, 9.17) is 23.2 Å². The largest absolute Gasteiger partial charge is 0.288 e. The second kappa shape index (κ2) is 8.72. The molecule has 0 aromatic heterocycles. The van der Waals surface area contributed by atoms with Crippen LogP contribution in [0.15, 0.2) is 65.6 Å². The molecule has 2 unspecified atom stereocenters. The number of halogens is 2. The molecule has 26 heavy (non-hydrogen) atoms. The van der Waals surface area contributed by atoms with Crippen LogP contribution in [0.25, 0.3) is 0 Å². The van der Waals surface area contributed by atoms with Crippen LogP contribution in [-0.4, -0.2) is 54.6 Å². The van der Waals surface area contributed by atoms with E-state index in [1.807, 2.05) is 18.2 Å². The Morgan fingerprint density at radius 1 is 0.846 bits per heavy atom. The van der Waals surface area contributed by atoms with Crippen molar-refractivity contribution in [1.29, 1.82) is 0 Å². The highest BCUT2D eigenvalue weighted by Crippen LogP contribution is 2.26. The van der Waals surface area contributed by atoms with Gasteiger partial charge in [0, 0.05) is 43.5 Å². The third-order valence-electron chi connectivity index (χ3n) is 4.71. The fourth-order valence-electron chi connectivity index (χ4n) is 3.32.